The number of amides is 2. The first kappa shape index (κ1) is 17.1. The van der Waals surface area contributed by atoms with Gasteiger partial charge >= 0.3 is 0 Å². The number of nitrogens with one attached hydrogen (secondary N) is 2. The second kappa shape index (κ2) is 7.92. The van der Waals surface area contributed by atoms with Crippen molar-refractivity contribution in [3.8, 4) is 0 Å². The van der Waals surface area contributed by atoms with Gasteiger partial charge in [0.15, 0.2) is 0 Å². The lowest BCUT2D eigenvalue weighted by Gasteiger charge is -2.27. The van der Waals surface area contributed by atoms with Crippen LogP contribution in [0.5, 0.6) is 0 Å². The molecule has 0 spiro atoms. The van der Waals surface area contributed by atoms with Gasteiger partial charge in [0, 0.05) is 11.1 Å². The number of benzene rings is 2. The van der Waals surface area contributed by atoms with Crippen LogP contribution in [-0.4, -0.2) is 43.9 Å². The smallest absolute Gasteiger partial charge is 0.251 e. The predicted molar refractivity (Wildman–Crippen MR) is 92.2 cm³/mol. The minimum Gasteiger partial charge on any atom is -0.347 e. The summed E-state index contributed by atoms with van der Waals surface area (Å²) in [7, 11) is 0. The number of carbonyl (C=O) groups is 2. The van der Waals surface area contributed by atoms with Gasteiger partial charge in [-0.2, -0.15) is 0 Å². The highest BCUT2D eigenvalue weighted by Crippen LogP contribution is 2.18. The van der Waals surface area contributed by atoms with Gasteiger partial charge in [-0.1, -0.05) is 36.4 Å². The molecule has 0 radical (unpaired) electrons. The van der Waals surface area contributed by atoms with Crippen molar-refractivity contribution in [2.24, 2.45) is 0 Å². The second-order valence-electron chi connectivity index (χ2n) is 5.71. The third-order valence-corrected chi connectivity index (χ3v) is 3.92. The fourth-order valence-electron chi connectivity index (χ4n) is 2.58. The van der Waals surface area contributed by atoms with E-state index in [0.29, 0.717) is 24.3 Å². The summed E-state index contributed by atoms with van der Waals surface area (Å²) < 4.78 is 11.3. The first-order valence-corrected chi connectivity index (χ1v) is 8.13. The molecular weight excluding hydrogens is 320 g/mol. The van der Waals surface area contributed by atoms with Crippen molar-refractivity contribution in [2.75, 3.05) is 26.3 Å². The summed E-state index contributed by atoms with van der Waals surface area (Å²) in [5.74, 6) is -1.48. The normalized spacial score (nSPS) is 15.5. The summed E-state index contributed by atoms with van der Waals surface area (Å²) in [6.45, 7) is 1.14. The molecule has 0 unspecified atom stereocenters. The van der Waals surface area contributed by atoms with Crippen LogP contribution in [0.1, 0.15) is 20.7 Å². The fourth-order valence-corrected chi connectivity index (χ4v) is 2.58. The molecule has 0 saturated carbocycles. The van der Waals surface area contributed by atoms with Crippen molar-refractivity contribution in [1.29, 1.82) is 0 Å². The molecule has 3 rings (SSSR count). The van der Waals surface area contributed by atoms with Crippen LogP contribution >= 0.6 is 0 Å². The van der Waals surface area contributed by atoms with Gasteiger partial charge in [0.25, 0.3) is 11.8 Å². The minimum absolute atomic E-state index is 0.149. The van der Waals surface area contributed by atoms with Crippen molar-refractivity contribution in [2.45, 2.75) is 5.79 Å². The third kappa shape index (κ3) is 4.43. The van der Waals surface area contributed by atoms with E-state index in [1.807, 2.05) is 12.1 Å². The van der Waals surface area contributed by atoms with E-state index in [-0.39, 0.29) is 24.9 Å². The van der Waals surface area contributed by atoms with E-state index in [1.54, 1.807) is 48.5 Å². The molecule has 6 heteroatoms. The van der Waals surface area contributed by atoms with Gasteiger partial charge in [-0.3, -0.25) is 9.59 Å². The lowest BCUT2D eigenvalue weighted by atomic mass is 10.2. The molecular formula is C19H20N2O4. The Morgan fingerprint density at radius 3 is 1.56 bits per heavy atom. The van der Waals surface area contributed by atoms with E-state index in [0.717, 1.165) is 0 Å². The Hall–Kier alpha value is -2.70. The first-order chi connectivity index (χ1) is 12.2. The maximum atomic E-state index is 12.2. The molecule has 6 nitrogen and oxygen atoms in total. The second-order valence-corrected chi connectivity index (χ2v) is 5.71. The van der Waals surface area contributed by atoms with Gasteiger partial charge in [-0.25, -0.2) is 0 Å². The number of hydrogen-bond donors (Lipinski definition) is 2. The number of ether oxygens (including phenoxy) is 2. The van der Waals surface area contributed by atoms with Gasteiger partial charge in [0.05, 0.1) is 26.3 Å². The van der Waals surface area contributed by atoms with Crippen LogP contribution in [0.3, 0.4) is 0 Å². The van der Waals surface area contributed by atoms with Crippen LogP contribution in [0.15, 0.2) is 60.7 Å². The summed E-state index contributed by atoms with van der Waals surface area (Å²) in [5, 5.41) is 5.61. The molecule has 1 aliphatic heterocycles. The molecule has 2 aromatic carbocycles. The maximum Gasteiger partial charge on any atom is 0.251 e. The molecule has 1 fully saturated rings. The monoisotopic (exact) mass is 340 g/mol. The van der Waals surface area contributed by atoms with Gasteiger partial charge in [0.2, 0.25) is 5.79 Å². The molecule has 1 saturated heterocycles. The van der Waals surface area contributed by atoms with E-state index in [2.05, 4.69) is 10.6 Å². The van der Waals surface area contributed by atoms with Gasteiger partial charge in [0.1, 0.15) is 0 Å². The molecule has 130 valence electrons. The summed E-state index contributed by atoms with van der Waals surface area (Å²) in [4.78, 5) is 24.4. The minimum atomic E-state index is -1.05. The van der Waals surface area contributed by atoms with Gasteiger partial charge in [-0.05, 0) is 24.3 Å². The zero-order valence-electron chi connectivity index (χ0n) is 13.7. The molecule has 1 heterocycles. The maximum absolute atomic E-state index is 12.2. The van der Waals surface area contributed by atoms with Crippen molar-refractivity contribution in [3.63, 3.8) is 0 Å². The zero-order chi connectivity index (χ0) is 17.5. The summed E-state index contributed by atoms with van der Waals surface area (Å²) >= 11 is 0. The molecule has 0 aromatic heterocycles. The van der Waals surface area contributed by atoms with Crippen LogP contribution in [0.2, 0.25) is 0 Å². The molecule has 0 atom stereocenters. The Morgan fingerprint density at radius 2 is 1.16 bits per heavy atom. The number of carbonyl (C=O) groups excluding carboxylic acids is 2. The molecule has 2 amide bonds. The van der Waals surface area contributed by atoms with Crippen molar-refractivity contribution in [3.05, 3.63) is 71.8 Å². The van der Waals surface area contributed by atoms with Crippen molar-refractivity contribution in [1.82, 2.24) is 10.6 Å². The number of rotatable bonds is 6. The van der Waals surface area contributed by atoms with E-state index in [1.165, 1.54) is 0 Å². The summed E-state index contributed by atoms with van der Waals surface area (Å²) in [6.07, 6.45) is 0. The highest BCUT2D eigenvalue weighted by Gasteiger charge is 2.37. The lowest BCUT2D eigenvalue weighted by molar-refractivity contribution is -0.147. The van der Waals surface area contributed by atoms with Crippen LogP contribution in [0.25, 0.3) is 0 Å². The average molecular weight is 340 g/mol. The van der Waals surface area contributed by atoms with Crippen LogP contribution < -0.4 is 10.6 Å². The average Bonchev–Trinajstić information content (AvgIpc) is 3.15. The fraction of sp³-hybridized carbons (Fsp3) is 0.263. The van der Waals surface area contributed by atoms with Crippen molar-refractivity contribution < 1.29 is 19.1 Å². The summed E-state index contributed by atoms with van der Waals surface area (Å²) in [5.41, 5.74) is 1.12. The Kier molecular flexibility index (Phi) is 5.42. The Bertz CT molecular complexity index is 655. The van der Waals surface area contributed by atoms with Crippen molar-refractivity contribution >= 4 is 11.8 Å². The molecule has 0 bridgehead atoms. The highest BCUT2D eigenvalue weighted by molar-refractivity contribution is 5.94. The summed E-state index contributed by atoms with van der Waals surface area (Å²) in [6, 6.07) is 17.8. The van der Waals surface area contributed by atoms with Gasteiger partial charge < -0.3 is 20.1 Å². The SMILES string of the molecule is O=C(NCC1(CNC(=O)c2ccccc2)OCCO1)c1ccccc1. The Balaban J connectivity index is 1.58. The van der Waals surface area contributed by atoms with E-state index in [9.17, 15) is 9.59 Å². The zero-order valence-corrected chi connectivity index (χ0v) is 13.7. The van der Waals surface area contributed by atoms with Crippen LogP contribution in [0, 0.1) is 0 Å². The largest absolute Gasteiger partial charge is 0.347 e. The predicted octanol–water partition coefficient (Wildman–Crippen LogP) is 1.59. The van der Waals surface area contributed by atoms with Gasteiger partial charge in [-0.15, -0.1) is 0 Å². The lowest BCUT2D eigenvalue weighted by Crippen LogP contribution is -2.51. The van der Waals surface area contributed by atoms with E-state index < -0.39 is 5.79 Å². The topological polar surface area (TPSA) is 76.7 Å². The molecule has 2 N–H and O–H groups in total. The standard InChI is InChI=1S/C19H20N2O4/c22-17(15-7-3-1-4-8-15)20-13-19(24-11-12-25-19)14-21-18(23)16-9-5-2-6-10-16/h1-10H,11-14H2,(H,20,22)(H,21,23). The van der Waals surface area contributed by atoms with Crippen LogP contribution in [-0.2, 0) is 9.47 Å². The highest BCUT2D eigenvalue weighted by atomic mass is 16.7. The molecule has 0 aliphatic carbocycles. The molecule has 2 aromatic rings. The van der Waals surface area contributed by atoms with E-state index in [4.69, 9.17) is 9.47 Å². The Labute approximate surface area is 146 Å². The quantitative estimate of drug-likeness (QED) is 0.837. The first-order valence-electron chi connectivity index (χ1n) is 8.13. The third-order valence-electron chi connectivity index (χ3n) is 3.92. The van der Waals surface area contributed by atoms with Crippen LogP contribution in [0.4, 0.5) is 0 Å². The van der Waals surface area contributed by atoms with E-state index >= 15 is 0 Å². The molecule has 25 heavy (non-hydrogen) atoms. The Morgan fingerprint density at radius 1 is 0.760 bits per heavy atom. The molecule has 1 aliphatic rings. The number of hydrogen-bond acceptors (Lipinski definition) is 4.